The SMILES string of the molecule is N#Cc1ccc(F)c(-c2cc(C(F)(F)F)c(NC3C[C@@H]4CN(CC5CCOCC5)C[C@@H]4C3)nn2)c1. The quantitative estimate of drug-likeness (QED) is 0.613. The van der Waals surface area contributed by atoms with Gasteiger partial charge in [0.05, 0.1) is 17.3 Å². The molecule has 2 saturated heterocycles. The molecule has 1 aromatic carbocycles. The highest BCUT2D eigenvalue weighted by molar-refractivity contribution is 5.65. The molecule has 3 heterocycles. The van der Waals surface area contributed by atoms with Crippen LogP contribution in [0.5, 0.6) is 0 Å². The van der Waals surface area contributed by atoms with Crippen molar-refractivity contribution in [3.63, 3.8) is 0 Å². The van der Waals surface area contributed by atoms with Crippen molar-refractivity contribution >= 4 is 5.82 Å². The van der Waals surface area contributed by atoms with Crippen LogP contribution in [-0.2, 0) is 10.9 Å². The molecule has 186 valence electrons. The normalized spacial score (nSPS) is 25.4. The van der Waals surface area contributed by atoms with Crippen LogP contribution in [0, 0.1) is 34.9 Å². The van der Waals surface area contributed by atoms with Crippen molar-refractivity contribution in [2.45, 2.75) is 37.9 Å². The monoisotopic (exact) mass is 489 g/mol. The molecule has 3 atom stereocenters. The maximum atomic E-state index is 14.3. The lowest BCUT2D eigenvalue weighted by Gasteiger charge is -2.28. The van der Waals surface area contributed by atoms with E-state index in [9.17, 15) is 17.6 Å². The number of fused-ring (bicyclic) bond motifs is 1. The molecule has 1 aromatic heterocycles. The third-order valence-electron chi connectivity index (χ3n) is 7.50. The molecule has 1 unspecified atom stereocenters. The molecule has 5 rings (SSSR count). The second-order valence-electron chi connectivity index (χ2n) is 9.90. The third kappa shape index (κ3) is 5.26. The summed E-state index contributed by atoms with van der Waals surface area (Å²) in [5.41, 5.74) is -1.30. The average Bonchev–Trinajstić information content (AvgIpc) is 3.37. The summed E-state index contributed by atoms with van der Waals surface area (Å²) >= 11 is 0. The van der Waals surface area contributed by atoms with Gasteiger partial charge >= 0.3 is 6.18 Å². The van der Waals surface area contributed by atoms with Crippen LogP contribution in [0.25, 0.3) is 11.3 Å². The molecule has 0 bridgehead atoms. The van der Waals surface area contributed by atoms with Gasteiger partial charge in [-0.25, -0.2) is 4.39 Å². The molecular formula is C25H27F4N5O. The summed E-state index contributed by atoms with van der Waals surface area (Å²) in [6.45, 7) is 4.68. The van der Waals surface area contributed by atoms with Crippen molar-refractivity contribution in [3.8, 4) is 17.3 Å². The highest BCUT2D eigenvalue weighted by atomic mass is 19.4. The van der Waals surface area contributed by atoms with Gasteiger partial charge in [0.1, 0.15) is 11.4 Å². The number of alkyl halides is 3. The van der Waals surface area contributed by atoms with Crippen molar-refractivity contribution in [1.82, 2.24) is 15.1 Å². The standard InChI is InChI=1S/C25H27F4N5O/c26-22-2-1-16(11-30)7-20(22)23-10-21(25(27,28)29)24(33-32-23)31-19-8-17-13-34(14-18(17)9-19)12-15-3-5-35-6-4-15/h1-2,7,10,15,17-19H,3-6,8-9,12-14H2,(H,31,33)/t17-,18+,19?. The van der Waals surface area contributed by atoms with Crippen molar-refractivity contribution < 1.29 is 22.3 Å². The Bertz CT molecular complexity index is 1100. The molecule has 2 aliphatic heterocycles. The van der Waals surface area contributed by atoms with Crippen LogP contribution in [0.1, 0.15) is 36.8 Å². The van der Waals surface area contributed by atoms with Gasteiger partial charge in [0, 0.05) is 44.5 Å². The number of likely N-dealkylation sites (tertiary alicyclic amines) is 1. The second-order valence-corrected chi connectivity index (χ2v) is 9.90. The molecule has 1 saturated carbocycles. The molecule has 3 fully saturated rings. The Balaban J connectivity index is 1.28. The summed E-state index contributed by atoms with van der Waals surface area (Å²) in [6, 6.07) is 6.02. The van der Waals surface area contributed by atoms with E-state index in [4.69, 9.17) is 10.00 Å². The van der Waals surface area contributed by atoms with Crippen LogP contribution in [0.15, 0.2) is 24.3 Å². The van der Waals surface area contributed by atoms with Crippen LogP contribution >= 0.6 is 0 Å². The predicted molar refractivity (Wildman–Crippen MR) is 121 cm³/mol. The van der Waals surface area contributed by atoms with Crippen LogP contribution in [-0.4, -0.2) is 54.0 Å². The highest BCUT2D eigenvalue weighted by Crippen LogP contribution is 2.42. The van der Waals surface area contributed by atoms with E-state index < -0.39 is 17.6 Å². The third-order valence-corrected chi connectivity index (χ3v) is 7.50. The average molecular weight is 490 g/mol. The molecule has 3 aliphatic rings. The van der Waals surface area contributed by atoms with Crippen molar-refractivity contribution in [3.05, 3.63) is 41.2 Å². The minimum Gasteiger partial charge on any atom is -0.381 e. The largest absolute Gasteiger partial charge is 0.420 e. The van der Waals surface area contributed by atoms with E-state index in [-0.39, 0.29) is 28.7 Å². The van der Waals surface area contributed by atoms with Crippen LogP contribution in [0.2, 0.25) is 0 Å². The summed E-state index contributed by atoms with van der Waals surface area (Å²) in [4.78, 5) is 2.50. The molecule has 10 heteroatoms. The fraction of sp³-hybridized carbons (Fsp3) is 0.560. The predicted octanol–water partition coefficient (Wildman–Crippen LogP) is 4.72. The first kappa shape index (κ1) is 23.9. The minimum atomic E-state index is -4.69. The Hall–Kier alpha value is -2.77. The van der Waals surface area contributed by atoms with Crippen LogP contribution < -0.4 is 5.32 Å². The smallest absolute Gasteiger partial charge is 0.381 e. The van der Waals surface area contributed by atoms with Gasteiger partial charge in [-0.15, -0.1) is 10.2 Å². The van der Waals surface area contributed by atoms with E-state index in [2.05, 4.69) is 20.4 Å². The minimum absolute atomic E-state index is 0.116. The number of anilines is 1. The van der Waals surface area contributed by atoms with Crippen molar-refractivity contribution in [2.24, 2.45) is 17.8 Å². The number of halogens is 4. The van der Waals surface area contributed by atoms with Gasteiger partial charge < -0.3 is 15.0 Å². The molecular weight excluding hydrogens is 462 g/mol. The Morgan fingerprint density at radius 3 is 2.46 bits per heavy atom. The van der Waals surface area contributed by atoms with Gasteiger partial charge in [-0.2, -0.15) is 18.4 Å². The van der Waals surface area contributed by atoms with E-state index in [1.165, 1.54) is 12.1 Å². The Labute approximate surface area is 201 Å². The molecule has 0 radical (unpaired) electrons. The maximum Gasteiger partial charge on any atom is 0.420 e. The van der Waals surface area contributed by atoms with Gasteiger partial charge in [-0.3, -0.25) is 0 Å². The van der Waals surface area contributed by atoms with Crippen LogP contribution in [0.3, 0.4) is 0 Å². The number of hydrogen-bond acceptors (Lipinski definition) is 6. The number of nitriles is 1. The lowest BCUT2D eigenvalue weighted by molar-refractivity contribution is -0.137. The van der Waals surface area contributed by atoms with Gasteiger partial charge in [-0.05, 0) is 67.7 Å². The number of rotatable bonds is 5. The fourth-order valence-electron chi connectivity index (χ4n) is 5.79. The molecule has 2 aromatic rings. The topological polar surface area (TPSA) is 74.1 Å². The first-order valence-corrected chi connectivity index (χ1v) is 12.0. The lowest BCUT2D eigenvalue weighted by Crippen LogP contribution is -2.32. The summed E-state index contributed by atoms with van der Waals surface area (Å²) in [7, 11) is 0. The molecule has 1 aliphatic carbocycles. The van der Waals surface area contributed by atoms with Crippen molar-refractivity contribution in [1.29, 1.82) is 5.26 Å². The van der Waals surface area contributed by atoms with Gasteiger partial charge in [-0.1, -0.05) is 0 Å². The van der Waals surface area contributed by atoms with E-state index in [1.807, 2.05) is 6.07 Å². The number of nitrogens with zero attached hydrogens (tertiary/aromatic N) is 4. The molecule has 6 nitrogen and oxygen atoms in total. The van der Waals surface area contributed by atoms with Gasteiger partial charge in [0.15, 0.2) is 5.82 Å². The molecule has 1 N–H and O–H groups in total. The van der Waals surface area contributed by atoms with Crippen LogP contribution in [0.4, 0.5) is 23.4 Å². The summed E-state index contributed by atoms with van der Waals surface area (Å²) < 4.78 is 61.4. The number of aromatic nitrogens is 2. The Kier molecular flexibility index (Phi) is 6.64. The van der Waals surface area contributed by atoms with Crippen molar-refractivity contribution in [2.75, 3.05) is 38.2 Å². The molecule has 35 heavy (non-hydrogen) atoms. The van der Waals surface area contributed by atoms with E-state index in [0.717, 1.165) is 70.7 Å². The summed E-state index contributed by atoms with van der Waals surface area (Å²) in [6.07, 6.45) is -0.931. The first-order chi connectivity index (χ1) is 16.8. The summed E-state index contributed by atoms with van der Waals surface area (Å²) in [5.74, 6) is 0.481. The second kappa shape index (κ2) is 9.70. The highest BCUT2D eigenvalue weighted by Gasteiger charge is 2.43. The van der Waals surface area contributed by atoms with Gasteiger partial charge in [0.25, 0.3) is 0 Å². The van der Waals surface area contributed by atoms with E-state index in [0.29, 0.717) is 17.8 Å². The molecule has 0 amide bonds. The van der Waals surface area contributed by atoms with E-state index in [1.54, 1.807) is 0 Å². The molecule has 0 spiro atoms. The number of nitrogens with one attached hydrogen (secondary N) is 1. The summed E-state index contributed by atoms with van der Waals surface area (Å²) in [5, 5.41) is 19.7. The van der Waals surface area contributed by atoms with E-state index >= 15 is 0 Å². The Morgan fingerprint density at radius 1 is 1.09 bits per heavy atom. The zero-order valence-corrected chi connectivity index (χ0v) is 19.2. The number of benzene rings is 1. The lowest BCUT2D eigenvalue weighted by atomic mass is 10.00. The number of ether oxygens (including phenoxy) is 1. The zero-order valence-electron chi connectivity index (χ0n) is 19.2. The fourth-order valence-corrected chi connectivity index (χ4v) is 5.79. The Morgan fingerprint density at radius 2 is 1.80 bits per heavy atom. The maximum absolute atomic E-state index is 14.3. The van der Waals surface area contributed by atoms with Gasteiger partial charge in [0.2, 0.25) is 0 Å². The zero-order chi connectivity index (χ0) is 24.6. The number of hydrogen-bond donors (Lipinski definition) is 1. The first-order valence-electron chi connectivity index (χ1n) is 12.0.